The Morgan fingerprint density at radius 2 is 1.43 bits per heavy atom. The van der Waals surface area contributed by atoms with Gasteiger partial charge in [0.25, 0.3) is 0 Å². The Morgan fingerprint density at radius 3 is 2.10 bits per heavy atom. The maximum Gasteiger partial charge on any atom is 0.246 e. The maximum atomic E-state index is 13.5. The summed E-state index contributed by atoms with van der Waals surface area (Å²) in [5.41, 5.74) is 11.0. The van der Waals surface area contributed by atoms with Gasteiger partial charge in [0.15, 0.2) is 0 Å². The highest BCUT2D eigenvalue weighted by Crippen LogP contribution is 2.49. The molecule has 152 valence electrons. The van der Waals surface area contributed by atoms with Gasteiger partial charge in [0.2, 0.25) is 5.91 Å². The molecule has 0 aromatic heterocycles. The summed E-state index contributed by atoms with van der Waals surface area (Å²) in [6.45, 7) is 2.05. The van der Waals surface area contributed by atoms with Crippen LogP contribution in [-0.2, 0) is 4.79 Å². The summed E-state index contributed by atoms with van der Waals surface area (Å²) >= 11 is 9.67. The molecule has 3 aromatic carbocycles. The first-order valence-corrected chi connectivity index (χ1v) is 11.1. The largest absolute Gasteiger partial charge is 0.303 e. The Bertz CT molecular complexity index is 1070. The van der Waals surface area contributed by atoms with E-state index in [0.717, 1.165) is 21.3 Å². The first-order valence-electron chi connectivity index (χ1n) is 9.94. The number of hydrogen-bond acceptors (Lipinski definition) is 3. The molecule has 1 amide bonds. The molecule has 0 spiro atoms. The fourth-order valence-electron chi connectivity index (χ4n) is 4.61. The van der Waals surface area contributed by atoms with Crippen molar-refractivity contribution in [3.8, 4) is 0 Å². The van der Waals surface area contributed by atoms with Crippen molar-refractivity contribution in [3.05, 3.63) is 99.0 Å². The van der Waals surface area contributed by atoms with Crippen LogP contribution in [0.1, 0.15) is 28.8 Å². The van der Waals surface area contributed by atoms with Gasteiger partial charge in [-0.05, 0) is 54.4 Å². The van der Waals surface area contributed by atoms with E-state index in [1.54, 1.807) is 0 Å². The summed E-state index contributed by atoms with van der Waals surface area (Å²) in [5, 5.41) is 0.689. The summed E-state index contributed by atoms with van der Waals surface area (Å²) in [5.74, 6) is 0.108. The number of hydrazine groups is 1. The third-order valence-electron chi connectivity index (χ3n) is 6.06. The van der Waals surface area contributed by atoms with E-state index < -0.39 is 0 Å². The van der Waals surface area contributed by atoms with Gasteiger partial charge in [-0.3, -0.25) is 4.79 Å². The van der Waals surface area contributed by atoms with Crippen molar-refractivity contribution >= 4 is 39.1 Å². The van der Waals surface area contributed by atoms with E-state index in [1.807, 2.05) is 65.6 Å². The number of carbonyl (C=O) groups excluding carboxylic acids is 1. The molecular formula is C24H21BrClN3O. The summed E-state index contributed by atoms with van der Waals surface area (Å²) in [7, 11) is 0. The highest BCUT2D eigenvalue weighted by molar-refractivity contribution is 9.10. The molecular weight excluding hydrogens is 462 g/mol. The van der Waals surface area contributed by atoms with Gasteiger partial charge < -0.3 is 4.90 Å². The molecule has 0 bridgehead atoms. The average molecular weight is 483 g/mol. The highest BCUT2D eigenvalue weighted by atomic mass is 79.9. The van der Waals surface area contributed by atoms with Crippen LogP contribution in [0.4, 0.5) is 5.69 Å². The molecule has 3 aromatic rings. The maximum absolute atomic E-state index is 13.5. The zero-order valence-electron chi connectivity index (χ0n) is 16.3. The first kappa shape index (κ1) is 19.8. The number of nitrogens with zero attached hydrogens (tertiary/aromatic N) is 1. The number of hydrogen-bond donors (Lipinski definition) is 2. The molecule has 6 heteroatoms. The van der Waals surface area contributed by atoms with Crippen LogP contribution < -0.4 is 15.8 Å². The second kappa shape index (κ2) is 7.82. The van der Waals surface area contributed by atoms with Crippen molar-refractivity contribution < 1.29 is 4.79 Å². The number of carbonyl (C=O) groups is 1. The zero-order valence-corrected chi connectivity index (χ0v) is 18.7. The average Bonchev–Trinajstić information content (AvgIpc) is 3.29. The lowest BCUT2D eigenvalue weighted by Gasteiger charge is -2.31. The molecule has 4 unspecified atom stereocenters. The highest BCUT2D eigenvalue weighted by Gasteiger charge is 2.55. The summed E-state index contributed by atoms with van der Waals surface area (Å²) in [6.07, 6.45) is 0. The van der Waals surface area contributed by atoms with Gasteiger partial charge in [-0.2, -0.15) is 0 Å². The molecule has 2 aliphatic heterocycles. The van der Waals surface area contributed by atoms with Crippen LogP contribution in [0.2, 0.25) is 5.02 Å². The predicted molar refractivity (Wildman–Crippen MR) is 123 cm³/mol. The van der Waals surface area contributed by atoms with E-state index >= 15 is 0 Å². The molecule has 30 heavy (non-hydrogen) atoms. The minimum atomic E-state index is -0.305. The van der Waals surface area contributed by atoms with E-state index in [-0.39, 0.29) is 30.0 Å². The van der Waals surface area contributed by atoms with E-state index in [4.69, 9.17) is 11.6 Å². The smallest absolute Gasteiger partial charge is 0.246 e. The van der Waals surface area contributed by atoms with Crippen LogP contribution in [0, 0.1) is 12.8 Å². The standard InChI is InChI=1S/C24H21BrClN3O/c1-14-2-12-19(13-3-14)29-23(16-6-10-18(26)11-7-16)20-21(27-28-22(20)24(29)30)15-4-8-17(25)9-5-15/h2-13,20-23,27-28H,1H3. The summed E-state index contributed by atoms with van der Waals surface area (Å²) in [6, 6.07) is 23.9. The Morgan fingerprint density at radius 1 is 0.833 bits per heavy atom. The van der Waals surface area contributed by atoms with E-state index in [1.165, 1.54) is 5.56 Å². The van der Waals surface area contributed by atoms with E-state index in [2.05, 4.69) is 45.8 Å². The van der Waals surface area contributed by atoms with Crippen LogP contribution in [0.25, 0.3) is 0 Å². The third kappa shape index (κ3) is 3.36. The minimum absolute atomic E-state index is 0.00294. The third-order valence-corrected chi connectivity index (χ3v) is 6.84. The molecule has 0 aliphatic carbocycles. The Labute approximate surface area is 189 Å². The molecule has 2 N–H and O–H groups in total. The van der Waals surface area contributed by atoms with Gasteiger partial charge >= 0.3 is 0 Å². The molecule has 0 saturated carbocycles. The number of rotatable bonds is 3. The van der Waals surface area contributed by atoms with Crippen molar-refractivity contribution in [1.82, 2.24) is 10.9 Å². The lowest BCUT2D eigenvalue weighted by molar-refractivity contribution is -0.119. The lowest BCUT2D eigenvalue weighted by Crippen LogP contribution is -2.41. The molecule has 2 heterocycles. The van der Waals surface area contributed by atoms with E-state index in [9.17, 15) is 4.79 Å². The van der Waals surface area contributed by atoms with Crippen molar-refractivity contribution in [3.63, 3.8) is 0 Å². The van der Waals surface area contributed by atoms with Gasteiger partial charge in [-0.1, -0.05) is 69.5 Å². The summed E-state index contributed by atoms with van der Waals surface area (Å²) < 4.78 is 1.03. The predicted octanol–water partition coefficient (Wildman–Crippen LogP) is 5.33. The van der Waals surface area contributed by atoms with E-state index in [0.29, 0.717) is 5.02 Å². The van der Waals surface area contributed by atoms with Gasteiger partial charge in [-0.25, -0.2) is 10.9 Å². The van der Waals surface area contributed by atoms with Crippen molar-refractivity contribution in [2.75, 3.05) is 4.90 Å². The number of fused-ring (bicyclic) bond motifs is 1. The lowest BCUT2D eigenvalue weighted by atomic mass is 9.83. The van der Waals surface area contributed by atoms with Crippen LogP contribution in [0.15, 0.2) is 77.3 Å². The second-order valence-corrected chi connectivity index (χ2v) is 9.27. The summed E-state index contributed by atoms with van der Waals surface area (Å²) in [4.78, 5) is 15.5. The Hall–Kier alpha value is -2.18. The topological polar surface area (TPSA) is 44.4 Å². The van der Waals surface area contributed by atoms with Gasteiger partial charge in [-0.15, -0.1) is 0 Å². The Balaban J connectivity index is 1.62. The molecule has 2 fully saturated rings. The molecule has 2 saturated heterocycles. The van der Waals surface area contributed by atoms with Crippen molar-refractivity contribution in [1.29, 1.82) is 0 Å². The number of halogens is 2. The van der Waals surface area contributed by atoms with Crippen molar-refractivity contribution in [2.45, 2.75) is 25.0 Å². The minimum Gasteiger partial charge on any atom is -0.303 e. The zero-order chi connectivity index (χ0) is 20.8. The van der Waals surface area contributed by atoms with Crippen molar-refractivity contribution in [2.24, 2.45) is 5.92 Å². The number of nitrogens with one attached hydrogen (secondary N) is 2. The fourth-order valence-corrected chi connectivity index (χ4v) is 5.00. The second-order valence-electron chi connectivity index (χ2n) is 7.91. The number of aryl methyl sites for hydroxylation is 1. The van der Waals surface area contributed by atoms with Gasteiger partial charge in [0.1, 0.15) is 6.04 Å². The van der Waals surface area contributed by atoms with Crippen LogP contribution in [0.3, 0.4) is 0 Å². The van der Waals surface area contributed by atoms with Crippen LogP contribution in [-0.4, -0.2) is 11.9 Å². The number of amides is 1. The molecule has 2 aliphatic rings. The molecule has 0 radical (unpaired) electrons. The molecule has 5 rings (SSSR count). The van der Waals surface area contributed by atoms with Gasteiger partial charge in [0, 0.05) is 21.1 Å². The molecule has 4 nitrogen and oxygen atoms in total. The monoisotopic (exact) mass is 481 g/mol. The number of anilines is 1. The first-order chi connectivity index (χ1) is 14.5. The fraction of sp³-hybridized carbons (Fsp3) is 0.208. The normalized spacial score (nSPS) is 25.6. The molecule has 4 atom stereocenters. The van der Waals surface area contributed by atoms with Crippen LogP contribution in [0.5, 0.6) is 0 Å². The quantitative estimate of drug-likeness (QED) is 0.530. The van der Waals surface area contributed by atoms with Crippen LogP contribution >= 0.6 is 27.5 Å². The van der Waals surface area contributed by atoms with Gasteiger partial charge in [0.05, 0.1) is 12.1 Å². The number of benzene rings is 3. The SMILES string of the molecule is Cc1ccc(N2C(=O)C3NNC(c4ccc(Br)cc4)C3C2c2ccc(Cl)cc2)cc1. The Kier molecular flexibility index (Phi) is 5.15.